The van der Waals surface area contributed by atoms with Crippen molar-refractivity contribution in [1.29, 1.82) is 0 Å². The van der Waals surface area contributed by atoms with Crippen molar-refractivity contribution in [2.75, 3.05) is 7.11 Å². The highest BCUT2D eigenvalue weighted by Gasteiger charge is 2.28. The molecule has 0 spiro atoms. The SMILES string of the molecule is CC.CCC.COc1ccc(C2CCC(c3ccc(F)c(F)c3)C2)cc1F. The molecule has 1 fully saturated rings. The fourth-order valence-electron chi connectivity index (χ4n) is 3.29. The van der Waals surface area contributed by atoms with Gasteiger partial charge >= 0.3 is 0 Å². The Bertz CT molecular complexity index is 700. The number of ether oxygens (including phenoxy) is 1. The third-order valence-electron chi connectivity index (χ3n) is 4.49. The van der Waals surface area contributed by atoms with Gasteiger partial charge in [0, 0.05) is 0 Å². The Morgan fingerprint density at radius 2 is 1.30 bits per heavy atom. The second-order valence-corrected chi connectivity index (χ2v) is 6.48. The quantitative estimate of drug-likeness (QED) is 0.532. The topological polar surface area (TPSA) is 9.23 Å². The third kappa shape index (κ3) is 6.30. The molecule has 0 heterocycles. The predicted octanol–water partition coefficient (Wildman–Crippen LogP) is 7.61. The summed E-state index contributed by atoms with van der Waals surface area (Å²) >= 11 is 0. The van der Waals surface area contributed by atoms with Crippen molar-refractivity contribution in [3.8, 4) is 5.75 Å². The maximum atomic E-state index is 13.8. The van der Waals surface area contributed by atoms with Gasteiger partial charge in [0.2, 0.25) is 0 Å². The van der Waals surface area contributed by atoms with Crippen LogP contribution in [0.15, 0.2) is 36.4 Å². The fourth-order valence-corrected chi connectivity index (χ4v) is 3.29. The van der Waals surface area contributed by atoms with E-state index in [9.17, 15) is 13.2 Å². The molecule has 0 bridgehead atoms. The molecular weight excluding hydrogens is 349 g/mol. The molecule has 0 amide bonds. The maximum absolute atomic E-state index is 13.8. The van der Waals surface area contributed by atoms with E-state index >= 15 is 0 Å². The Labute approximate surface area is 161 Å². The molecule has 1 aliphatic rings. The summed E-state index contributed by atoms with van der Waals surface area (Å²) in [4.78, 5) is 0. The molecule has 2 aromatic carbocycles. The van der Waals surface area contributed by atoms with Crippen LogP contribution in [-0.2, 0) is 0 Å². The molecule has 27 heavy (non-hydrogen) atoms. The van der Waals surface area contributed by atoms with Crippen LogP contribution in [0.1, 0.15) is 76.3 Å². The smallest absolute Gasteiger partial charge is 0.165 e. The lowest BCUT2D eigenvalue weighted by molar-refractivity contribution is 0.386. The van der Waals surface area contributed by atoms with Crippen LogP contribution in [-0.4, -0.2) is 7.11 Å². The first kappa shape index (κ1) is 23.1. The standard InChI is InChI=1S/C18H17F3O.C3H8.C2H6/c1-22-18-7-5-14(10-17(18)21)12-3-2-11(8-12)13-4-6-15(19)16(20)9-13;1-3-2;1-2/h4-7,9-12H,2-3,8H2,1H3;3H2,1-2H3;1-2H3. The summed E-state index contributed by atoms with van der Waals surface area (Å²) in [6.45, 7) is 8.25. The fraction of sp³-hybridized carbons (Fsp3) is 0.478. The van der Waals surface area contributed by atoms with Gasteiger partial charge in [-0.15, -0.1) is 0 Å². The van der Waals surface area contributed by atoms with Crippen LogP contribution >= 0.6 is 0 Å². The Balaban J connectivity index is 0.000000665. The minimum absolute atomic E-state index is 0.185. The van der Waals surface area contributed by atoms with Crippen molar-refractivity contribution in [2.45, 2.75) is 65.2 Å². The Morgan fingerprint density at radius 1 is 0.815 bits per heavy atom. The van der Waals surface area contributed by atoms with Gasteiger partial charge < -0.3 is 4.74 Å². The molecule has 1 aliphatic carbocycles. The third-order valence-corrected chi connectivity index (χ3v) is 4.49. The maximum Gasteiger partial charge on any atom is 0.165 e. The summed E-state index contributed by atoms with van der Waals surface area (Å²) in [5, 5.41) is 0. The van der Waals surface area contributed by atoms with Crippen molar-refractivity contribution in [1.82, 2.24) is 0 Å². The van der Waals surface area contributed by atoms with Crippen LogP contribution in [0.5, 0.6) is 5.75 Å². The van der Waals surface area contributed by atoms with Crippen molar-refractivity contribution in [3.63, 3.8) is 0 Å². The first-order valence-electron chi connectivity index (χ1n) is 9.78. The summed E-state index contributed by atoms with van der Waals surface area (Å²) < 4.78 is 45.1. The molecule has 4 heteroatoms. The van der Waals surface area contributed by atoms with Crippen LogP contribution in [0.4, 0.5) is 13.2 Å². The van der Waals surface area contributed by atoms with Crippen molar-refractivity contribution < 1.29 is 17.9 Å². The summed E-state index contributed by atoms with van der Waals surface area (Å²) in [7, 11) is 1.44. The van der Waals surface area contributed by atoms with E-state index < -0.39 is 11.6 Å². The van der Waals surface area contributed by atoms with E-state index in [1.807, 2.05) is 19.9 Å². The monoisotopic (exact) mass is 380 g/mol. The van der Waals surface area contributed by atoms with Gasteiger partial charge in [-0.2, -0.15) is 0 Å². The van der Waals surface area contributed by atoms with E-state index in [-0.39, 0.29) is 23.4 Å². The normalized spacial score (nSPS) is 18.1. The second-order valence-electron chi connectivity index (χ2n) is 6.48. The first-order valence-corrected chi connectivity index (χ1v) is 9.78. The lowest BCUT2D eigenvalue weighted by atomic mass is 9.93. The van der Waals surface area contributed by atoms with Gasteiger partial charge in [-0.1, -0.05) is 46.2 Å². The molecule has 150 valence electrons. The largest absolute Gasteiger partial charge is 0.494 e. The molecule has 2 aromatic rings. The van der Waals surface area contributed by atoms with E-state index in [0.717, 1.165) is 30.4 Å². The zero-order valence-electron chi connectivity index (χ0n) is 17.0. The van der Waals surface area contributed by atoms with Gasteiger partial charge in [0.25, 0.3) is 0 Å². The average Bonchev–Trinajstić information content (AvgIpc) is 3.16. The summed E-state index contributed by atoms with van der Waals surface area (Å²) in [5.74, 6) is -1.34. The van der Waals surface area contributed by atoms with Crippen LogP contribution in [0.2, 0.25) is 0 Å². The molecule has 0 saturated heterocycles. The molecule has 0 aromatic heterocycles. The Kier molecular flexibility index (Phi) is 9.98. The molecule has 1 saturated carbocycles. The van der Waals surface area contributed by atoms with Gasteiger partial charge in [0.15, 0.2) is 23.2 Å². The number of methoxy groups -OCH3 is 1. The average molecular weight is 380 g/mol. The zero-order chi connectivity index (χ0) is 20.4. The molecule has 0 aliphatic heterocycles. The van der Waals surface area contributed by atoms with E-state index in [1.165, 1.54) is 31.7 Å². The van der Waals surface area contributed by atoms with E-state index in [2.05, 4.69) is 13.8 Å². The summed E-state index contributed by atoms with van der Waals surface area (Å²) in [6.07, 6.45) is 3.87. The number of halogens is 3. The number of hydrogen-bond acceptors (Lipinski definition) is 1. The first-order chi connectivity index (χ1) is 13.0. The molecule has 2 unspecified atom stereocenters. The minimum atomic E-state index is -0.824. The van der Waals surface area contributed by atoms with Gasteiger partial charge in [-0.25, -0.2) is 13.2 Å². The summed E-state index contributed by atoms with van der Waals surface area (Å²) in [5.41, 5.74) is 1.75. The molecule has 0 N–H and O–H groups in total. The van der Waals surface area contributed by atoms with Crippen LogP contribution in [0.25, 0.3) is 0 Å². The highest BCUT2D eigenvalue weighted by molar-refractivity contribution is 5.33. The molecular formula is C23H31F3O. The van der Waals surface area contributed by atoms with Gasteiger partial charge in [-0.05, 0) is 66.5 Å². The molecule has 2 atom stereocenters. The van der Waals surface area contributed by atoms with Crippen molar-refractivity contribution in [3.05, 3.63) is 65.0 Å². The minimum Gasteiger partial charge on any atom is -0.494 e. The second kappa shape index (κ2) is 11.7. The van der Waals surface area contributed by atoms with Crippen molar-refractivity contribution >= 4 is 0 Å². The number of benzene rings is 2. The molecule has 3 rings (SSSR count). The number of rotatable bonds is 3. The Morgan fingerprint density at radius 3 is 1.74 bits per heavy atom. The molecule has 1 nitrogen and oxygen atoms in total. The van der Waals surface area contributed by atoms with Crippen molar-refractivity contribution in [2.24, 2.45) is 0 Å². The van der Waals surface area contributed by atoms with E-state index in [4.69, 9.17) is 4.74 Å². The predicted molar refractivity (Wildman–Crippen MR) is 106 cm³/mol. The Hall–Kier alpha value is -1.97. The summed E-state index contributed by atoms with van der Waals surface area (Å²) in [6, 6.07) is 9.11. The van der Waals surface area contributed by atoms with Gasteiger partial charge in [0.1, 0.15) is 0 Å². The van der Waals surface area contributed by atoms with Gasteiger partial charge in [0.05, 0.1) is 7.11 Å². The number of hydrogen-bond donors (Lipinski definition) is 0. The van der Waals surface area contributed by atoms with E-state index in [0.29, 0.717) is 0 Å². The van der Waals surface area contributed by atoms with Gasteiger partial charge in [-0.3, -0.25) is 0 Å². The van der Waals surface area contributed by atoms with Crippen LogP contribution in [0.3, 0.4) is 0 Å². The lowest BCUT2D eigenvalue weighted by Gasteiger charge is -2.13. The zero-order valence-corrected chi connectivity index (χ0v) is 17.0. The van der Waals surface area contributed by atoms with Crippen LogP contribution < -0.4 is 4.74 Å². The van der Waals surface area contributed by atoms with Crippen LogP contribution in [0, 0.1) is 17.5 Å². The highest BCUT2D eigenvalue weighted by atomic mass is 19.2. The molecule has 0 radical (unpaired) electrons. The highest BCUT2D eigenvalue weighted by Crippen LogP contribution is 2.44. The van der Waals surface area contributed by atoms with E-state index in [1.54, 1.807) is 12.1 Å². The lowest BCUT2D eigenvalue weighted by Crippen LogP contribution is -1.98.